The van der Waals surface area contributed by atoms with Gasteiger partial charge in [-0.1, -0.05) is 6.07 Å². The summed E-state index contributed by atoms with van der Waals surface area (Å²) >= 11 is 0. The van der Waals surface area contributed by atoms with E-state index in [0.29, 0.717) is 13.1 Å². The Morgan fingerprint density at radius 2 is 2.17 bits per heavy atom. The van der Waals surface area contributed by atoms with Crippen LogP contribution in [0.15, 0.2) is 18.2 Å². The Kier molecular flexibility index (Phi) is 3.58. The van der Waals surface area contributed by atoms with E-state index in [1.165, 1.54) is 6.07 Å². The van der Waals surface area contributed by atoms with Crippen LogP contribution in [0, 0.1) is 11.6 Å². The van der Waals surface area contributed by atoms with Gasteiger partial charge < -0.3 is 15.7 Å². The Bertz CT molecular complexity index is 461. The molecule has 1 aliphatic heterocycles. The molecule has 1 aromatic carbocycles. The van der Waals surface area contributed by atoms with Gasteiger partial charge in [0, 0.05) is 25.7 Å². The molecule has 0 aliphatic carbocycles. The van der Waals surface area contributed by atoms with Crippen molar-refractivity contribution in [2.75, 3.05) is 19.6 Å². The van der Waals surface area contributed by atoms with Gasteiger partial charge >= 0.3 is 0 Å². The first-order chi connectivity index (χ1) is 8.48. The SMILES string of the molecule is O=C(Cc1ccc(F)cc1F)NCC1(O)CNC1. The number of carbonyl (C=O) groups is 1. The zero-order chi connectivity index (χ0) is 13.2. The number of benzene rings is 1. The van der Waals surface area contributed by atoms with Gasteiger partial charge in [0.1, 0.15) is 17.2 Å². The fraction of sp³-hybridized carbons (Fsp3) is 0.417. The number of hydrogen-bond acceptors (Lipinski definition) is 3. The summed E-state index contributed by atoms with van der Waals surface area (Å²) in [4.78, 5) is 11.5. The molecule has 6 heteroatoms. The van der Waals surface area contributed by atoms with E-state index in [2.05, 4.69) is 10.6 Å². The van der Waals surface area contributed by atoms with Gasteiger partial charge in [0.2, 0.25) is 5.91 Å². The molecule has 3 N–H and O–H groups in total. The maximum atomic E-state index is 13.3. The first-order valence-corrected chi connectivity index (χ1v) is 5.62. The number of halogens is 2. The maximum absolute atomic E-state index is 13.3. The van der Waals surface area contributed by atoms with Gasteiger partial charge in [0.25, 0.3) is 0 Å². The standard InChI is InChI=1S/C12H14F2N2O2/c13-9-2-1-8(10(14)4-9)3-11(17)16-7-12(18)5-15-6-12/h1-2,4,15,18H,3,5-7H2,(H,16,17). The highest BCUT2D eigenvalue weighted by Crippen LogP contribution is 2.11. The molecule has 0 saturated carbocycles. The average molecular weight is 256 g/mol. The number of amides is 1. The monoisotopic (exact) mass is 256 g/mol. The molecule has 0 aromatic heterocycles. The molecule has 1 aliphatic rings. The van der Waals surface area contributed by atoms with Crippen molar-refractivity contribution in [3.05, 3.63) is 35.4 Å². The minimum absolute atomic E-state index is 0.127. The van der Waals surface area contributed by atoms with Crippen molar-refractivity contribution in [3.63, 3.8) is 0 Å². The van der Waals surface area contributed by atoms with E-state index in [-0.39, 0.29) is 18.5 Å². The van der Waals surface area contributed by atoms with Crippen LogP contribution in [0.2, 0.25) is 0 Å². The lowest BCUT2D eigenvalue weighted by molar-refractivity contribution is -0.122. The third-order valence-corrected chi connectivity index (χ3v) is 2.89. The van der Waals surface area contributed by atoms with Crippen molar-refractivity contribution < 1.29 is 18.7 Å². The van der Waals surface area contributed by atoms with Crippen molar-refractivity contribution >= 4 is 5.91 Å². The van der Waals surface area contributed by atoms with Gasteiger partial charge in [0.15, 0.2) is 0 Å². The molecule has 1 aromatic rings. The minimum Gasteiger partial charge on any atom is -0.385 e. The second kappa shape index (κ2) is 4.99. The molecule has 18 heavy (non-hydrogen) atoms. The Morgan fingerprint density at radius 1 is 1.44 bits per heavy atom. The van der Waals surface area contributed by atoms with Crippen LogP contribution in [0.5, 0.6) is 0 Å². The molecule has 0 spiro atoms. The van der Waals surface area contributed by atoms with E-state index in [9.17, 15) is 18.7 Å². The summed E-state index contributed by atoms with van der Waals surface area (Å²) in [6.45, 7) is 0.984. The van der Waals surface area contributed by atoms with E-state index in [0.717, 1.165) is 12.1 Å². The van der Waals surface area contributed by atoms with Crippen LogP contribution in [-0.4, -0.2) is 36.2 Å². The van der Waals surface area contributed by atoms with Crippen molar-refractivity contribution in [2.24, 2.45) is 0 Å². The molecule has 0 bridgehead atoms. The lowest BCUT2D eigenvalue weighted by atomic mass is 9.97. The molecule has 1 amide bonds. The van der Waals surface area contributed by atoms with Crippen LogP contribution < -0.4 is 10.6 Å². The zero-order valence-corrected chi connectivity index (χ0v) is 9.67. The van der Waals surface area contributed by atoms with E-state index >= 15 is 0 Å². The van der Waals surface area contributed by atoms with Crippen molar-refractivity contribution in [2.45, 2.75) is 12.0 Å². The summed E-state index contributed by atoms with van der Waals surface area (Å²) in [5.74, 6) is -1.82. The van der Waals surface area contributed by atoms with E-state index < -0.39 is 23.1 Å². The topological polar surface area (TPSA) is 61.4 Å². The van der Waals surface area contributed by atoms with Crippen LogP contribution in [0.25, 0.3) is 0 Å². The van der Waals surface area contributed by atoms with Gasteiger partial charge in [-0.3, -0.25) is 4.79 Å². The summed E-state index contributed by atoms with van der Waals surface area (Å²) < 4.78 is 25.9. The fourth-order valence-corrected chi connectivity index (χ4v) is 1.70. The summed E-state index contributed by atoms with van der Waals surface area (Å²) in [5, 5.41) is 15.1. The number of hydrogen-bond donors (Lipinski definition) is 3. The van der Waals surface area contributed by atoms with Crippen LogP contribution >= 0.6 is 0 Å². The highest BCUT2D eigenvalue weighted by Gasteiger charge is 2.34. The summed E-state index contributed by atoms with van der Waals surface area (Å²) in [6, 6.07) is 3.09. The average Bonchev–Trinajstić information content (AvgIpc) is 2.28. The van der Waals surface area contributed by atoms with Crippen LogP contribution in [0.4, 0.5) is 8.78 Å². The van der Waals surface area contributed by atoms with Crippen molar-refractivity contribution in [1.29, 1.82) is 0 Å². The smallest absolute Gasteiger partial charge is 0.224 e. The van der Waals surface area contributed by atoms with Gasteiger partial charge in [-0.25, -0.2) is 8.78 Å². The van der Waals surface area contributed by atoms with Gasteiger partial charge in [-0.2, -0.15) is 0 Å². The number of carbonyl (C=O) groups excluding carboxylic acids is 1. The molecular formula is C12H14F2N2O2. The highest BCUT2D eigenvalue weighted by molar-refractivity contribution is 5.78. The molecule has 98 valence electrons. The van der Waals surface area contributed by atoms with Crippen LogP contribution in [-0.2, 0) is 11.2 Å². The summed E-state index contributed by atoms with van der Waals surface area (Å²) in [5.41, 5.74) is -0.774. The normalized spacial score (nSPS) is 17.1. The second-order valence-corrected chi connectivity index (χ2v) is 4.52. The molecule has 1 saturated heterocycles. The Balaban J connectivity index is 1.87. The van der Waals surface area contributed by atoms with E-state index in [1.54, 1.807) is 0 Å². The van der Waals surface area contributed by atoms with Gasteiger partial charge in [-0.05, 0) is 11.6 Å². The molecule has 0 radical (unpaired) electrons. The number of rotatable bonds is 4. The molecule has 1 fully saturated rings. The minimum atomic E-state index is -0.906. The lowest BCUT2D eigenvalue weighted by Gasteiger charge is -2.37. The number of β-amino-alcohol motifs (C(OH)–C–C–N with tert-alkyl or cyclic N) is 1. The molecule has 1 heterocycles. The molecular weight excluding hydrogens is 242 g/mol. The quantitative estimate of drug-likeness (QED) is 0.708. The fourth-order valence-electron chi connectivity index (χ4n) is 1.70. The van der Waals surface area contributed by atoms with E-state index in [1.807, 2.05) is 0 Å². The predicted molar refractivity (Wildman–Crippen MR) is 60.9 cm³/mol. The molecule has 0 unspecified atom stereocenters. The summed E-state index contributed by atoms with van der Waals surface area (Å²) in [6.07, 6.45) is -0.171. The largest absolute Gasteiger partial charge is 0.385 e. The van der Waals surface area contributed by atoms with Crippen LogP contribution in [0.3, 0.4) is 0 Å². The zero-order valence-electron chi connectivity index (χ0n) is 9.67. The lowest BCUT2D eigenvalue weighted by Crippen LogP contribution is -2.64. The maximum Gasteiger partial charge on any atom is 0.224 e. The molecule has 2 rings (SSSR count). The Morgan fingerprint density at radius 3 is 2.72 bits per heavy atom. The van der Waals surface area contributed by atoms with Gasteiger partial charge in [0.05, 0.1) is 6.42 Å². The third-order valence-electron chi connectivity index (χ3n) is 2.89. The number of nitrogens with one attached hydrogen (secondary N) is 2. The Hall–Kier alpha value is -1.53. The third kappa shape index (κ3) is 3.02. The van der Waals surface area contributed by atoms with Crippen molar-refractivity contribution in [3.8, 4) is 0 Å². The molecule has 4 nitrogen and oxygen atoms in total. The van der Waals surface area contributed by atoms with E-state index in [4.69, 9.17) is 0 Å². The number of aliphatic hydroxyl groups is 1. The van der Waals surface area contributed by atoms with Crippen LogP contribution in [0.1, 0.15) is 5.56 Å². The van der Waals surface area contributed by atoms with Crippen molar-refractivity contribution in [1.82, 2.24) is 10.6 Å². The Labute approximate surface area is 103 Å². The molecule has 0 atom stereocenters. The highest BCUT2D eigenvalue weighted by atomic mass is 19.1. The first-order valence-electron chi connectivity index (χ1n) is 5.62. The first kappa shape index (κ1) is 12.9. The summed E-state index contributed by atoms with van der Waals surface area (Å²) in [7, 11) is 0. The second-order valence-electron chi connectivity index (χ2n) is 4.52. The predicted octanol–water partition coefficient (Wildman–Crippen LogP) is -0.0422. The van der Waals surface area contributed by atoms with Gasteiger partial charge in [-0.15, -0.1) is 0 Å².